The van der Waals surface area contributed by atoms with E-state index in [9.17, 15) is 13.2 Å². The van der Waals surface area contributed by atoms with Gasteiger partial charge in [0.05, 0.1) is 10.6 Å². The van der Waals surface area contributed by atoms with E-state index in [4.69, 9.17) is 5.73 Å². The van der Waals surface area contributed by atoms with Gasteiger partial charge in [-0.15, -0.1) is 0 Å². The third kappa shape index (κ3) is 3.44. The van der Waals surface area contributed by atoms with Gasteiger partial charge in [-0.1, -0.05) is 24.3 Å². The van der Waals surface area contributed by atoms with Gasteiger partial charge in [0.2, 0.25) is 0 Å². The summed E-state index contributed by atoms with van der Waals surface area (Å²) in [6.45, 7) is 4.08. The predicted molar refractivity (Wildman–Crippen MR) is 106 cm³/mol. The van der Waals surface area contributed by atoms with Crippen molar-refractivity contribution in [3.8, 4) is 0 Å². The lowest BCUT2D eigenvalue weighted by Crippen LogP contribution is -2.40. The van der Waals surface area contributed by atoms with Crippen molar-refractivity contribution in [1.29, 1.82) is 0 Å². The summed E-state index contributed by atoms with van der Waals surface area (Å²) in [6.07, 6.45) is 0.671. The predicted octanol–water partition coefficient (Wildman–Crippen LogP) is 2.25. The molecule has 0 bridgehead atoms. The van der Waals surface area contributed by atoms with Crippen LogP contribution in [0.15, 0.2) is 53.4 Å². The van der Waals surface area contributed by atoms with Gasteiger partial charge < -0.3 is 10.6 Å². The number of hydrogen-bond donors (Lipinski definition) is 1. The number of rotatable bonds is 5. The second-order valence-electron chi connectivity index (χ2n) is 7.01. The van der Waals surface area contributed by atoms with Crippen molar-refractivity contribution >= 4 is 21.6 Å². The molecule has 2 aromatic rings. The maximum Gasteiger partial charge on any atom is 0.264 e. The summed E-state index contributed by atoms with van der Waals surface area (Å²) in [5, 5.41) is 0. The average molecular weight is 388 g/mol. The minimum absolute atomic E-state index is 0.116. The maximum absolute atomic E-state index is 13.3. The molecular formula is C20H25N3O3S. The third-order valence-electron chi connectivity index (χ3n) is 5.11. The van der Waals surface area contributed by atoms with Gasteiger partial charge in [-0.2, -0.15) is 0 Å². The van der Waals surface area contributed by atoms with E-state index >= 15 is 0 Å². The minimum Gasteiger partial charge on any atom is -0.338 e. The maximum atomic E-state index is 13.3. The Bertz CT molecular complexity index is 958. The molecular weight excluding hydrogens is 362 g/mol. The molecule has 27 heavy (non-hydrogen) atoms. The first-order valence-corrected chi connectivity index (χ1v) is 10.4. The Kier molecular flexibility index (Phi) is 5.26. The Morgan fingerprint density at radius 1 is 1.26 bits per heavy atom. The summed E-state index contributed by atoms with van der Waals surface area (Å²) < 4.78 is 28.1. The first-order chi connectivity index (χ1) is 12.8. The highest BCUT2D eigenvalue weighted by Crippen LogP contribution is 2.36. The molecule has 1 aliphatic heterocycles. The van der Waals surface area contributed by atoms with Crippen LogP contribution in [-0.4, -0.2) is 44.9 Å². The van der Waals surface area contributed by atoms with Gasteiger partial charge in [0.15, 0.2) is 0 Å². The van der Waals surface area contributed by atoms with E-state index < -0.39 is 10.0 Å². The van der Waals surface area contributed by atoms with Gasteiger partial charge in [0.25, 0.3) is 15.9 Å². The molecule has 0 radical (unpaired) electrons. The summed E-state index contributed by atoms with van der Waals surface area (Å²) in [7, 11) is -2.10. The zero-order valence-corrected chi connectivity index (χ0v) is 16.6. The van der Waals surface area contributed by atoms with E-state index in [0.717, 1.165) is 5.56 Å². The van der Waals surface area contributed by atoms with Crippen LogP contribution in [-0.2, 0) is 16.4 Å². The van der Waals surface area contributed by atoms with Gasteiger partial charge >= 0.3 is 0 Å². The number of anilines is 1. The summed E-state index contributed by atoms with van der Waals surface area (Å²) in [5.41, 5.74) is 7.68. The Balaban J connectivity index is 1.98. The third-order valence-corrected chi connectivity index (χ3v) is 7.03. The SMILES string of the molecule is CC(CN)N(C)C(=O)c1cccc(S(=O)(=O)N2c3ccccc3CC2C)c1. The molecule has 6 nitrogen and oxygen atoms in total. The largest absolute Gasteiger partial charge is 0.338 e. The highest BCUT2D eigenvalue weighted by Gasteiger charge is 2.36. The van der Waals surface area contributed by atoms with Crippen LogP contribution in [0.5, 0.6) is 0 Å². The number of benzene rings is 2. The zero-order chi connectivity index (χ0) is 19.8. The summed E-state index contributed by atoms with van der Waals surface area (Å²) in [5.74, 6) is -0.250. The fourth-order valence-electron chi connectivity index (χ4n) is 3.37. The second-order valence-corrected chi connectivity index (χ2v) is 8.83. The molecule has 1 aliphatic rings. The van der Waals surface area contributed by atoms with E-state index in [1.54, 1.807) is 19.2 Å². The molecule has 0 aliphatic carbocycles. The molecule has 0 spiro atoms. The highest BCUT2D eigenvalue weighted by atomic mass is 32.2. The molecule has 144 valence electrons. The van der Waals surface area contributed by atoms with Crippen molar-refractivity contribution in [2.45, 2.75) is 37.2 Å². The van der Waals surface area contributed by atoms with Gasteiger partial charge in [-0.25, -0.2) is 8.42 Å². The molecule has 2 unspecified atom stereocenters. The van der Waals surface area contributed by atoms with Gasteiger partial charge in [-0.3, -0.25) is 9.10 Å². The molecule has 1 heterocycles. The van der Waals surface area contributed by atoms with Crippen LogP contribution < -0.4 is 10.0 Å². The molecule has 2 N–H and O–H groups in total. The van der Waals surface area contributed by atoms with E-state index in [2.05, 4.69) is 0 Å². The molecule has 3 rings (SSSR count). The normalized spacial score (nSPS) is 17.5. The van der Waals surface area contributed by atoms with Gasteiger partial charge in [-0.05, 0) is 50.1 Å². The average Bonchev–Trinajstić information content (AvgIpc) is 3.02. The quantitative estimate of drug-likeness (QED) is 0.853. The lowest BCUT2D eigenvalue weighted by molar-refractivity contribution is 0.0748. The number of nitrogens with zero attached hydrogens (tertiary/aromatic N) is 2. The number of likely N-dealkylation sites (N-methyl/N-ethyl adjacent to an activating group) is 1. The van der Waals surface area contributed by atoms with Crippen LogP contribution in [0, 0.1) is 0 Å². The van der Waals surface area contributed by atoms with Crippen molar-refractivity contribution in [2.24, 2.45) is 5.73 Å². The minimum atomic E-state index is -3.77. The van der Waals surface area contributed by atoms with E-state index in [1.165, 1.54) is 21.3 Å². The molecule has 0 aromatic heterocycles. The summed E-state index contributed by atoms with van der Waals surface area (Å²) in [6, 6.07) is 13.4. The fourth-order valence-corrected chi connectivity index (χ4v) is 5.11. The van der Waals surface area contributed by atoms with Crippen LogP contribution in [0.2, 0.25) is 0 Å². The first-order valence-electron chi connectivity index (χ1n) is 8.97. The zero-order valence-electron chi connectivity index (χ0n) is 15.8. The molecule has 0 fully saturated rings. The summed E-state index contributed by atoms with van der Waals surface area (Å²) in [4.78, 5) is 14.3. The van der Waals surface area contributed by atoms with Crippen molar-refractivity contribution in [1.82, 2.24) is 4.90 Å². The van der Waals surface area contributed by atoms with Crippen LogP contribution in [0.1, 0.15) is 29.8 Å². The van der Waals surface area contributed by atoms with Crippen LogP contribution in [0.3, 0.4) is 0 Å². The standard InChI is InChI=1S/C20H25N3O3S/c1-14-11-16-7-4-5-10-19(16)23(14)27(25,26)18-9-6-8-17(12-18)20(24)22(3)15(2)13-21/h4-10,12,14-15H,11,13,21H2,1-3H3. The van der Waals surface area contributed by atoms with Crippen LogP contribution >= 0.6 is 0 Å². The lowest BCUT2D eigenvalue weighted by Gasteiger charge is -2.26. The fraction of sp³-hybridized carbons (Fsp3) is 0.350. The van der Waals surface area contributed by atoms with E-state index in [1.807, 2.05) is 38.1 Å². The smallest absolute Gasteiger partial charge is 0.264 e. The van der Waals surface area contributed by atoms with Crippen LogP contribution in [0.4, 0.5) is 5.69 Å². The summed E-state index contributed by atoms with van der Waals surface area (Å²) >= 11 is 0. The highest BCUT2D eigenvalue weighted by molar-refractivity contribution is 7.92. The Hall–Kier alpha value is -2.38. The van der Waals surface area contributed by atoms with E-state index in [0.29, 0.717) is 24.2 Å². The number of para-hydroxylation sites is 1. The number of nitrogens with two attached hydrogens (primary N) is 1. The Labute approximate surface area is 160 Å². The molecule has 7 heteroatoms. The second kappa shape index (κ2) is 7.32. The van der Waals surface area contributed by atoms with Crippen molar-refractivity contribution < 1.29 is 13.2 Å². The molecule has 0 saturated heterocycles. The number of carbonyl (C=O) groups is 1. The van der Waals surface area contributed by atoms with Gasteiger partial charge in [0.1, 0.15) is 0 Å². The molecule has 2 atom stereocenters. The van der Waals surface area contributed by atoms with Gasteiger partial charge in [0, 0.05) is 31.2 Å². The Morgan fingerprint density at radius 3 is 2.67 bits per heavy atom. The number of sulfonamides is 1. The lowest BCUT2D eigenvalue weighted by atomic mass is 10.1. The Morgan fingerprint density at radius 2 is 1.96 bits per heavy atom. The van der Waals surface area contributed by atoms with Crippen molar-refractivity contribution in [2.75, 3.05) is 17.9 Å². The molecule has 1 amide bonds. The van der Waals surface area contributed by atoms with Crippen LogP contribution in [0.25, 0.3) is 0 Å². The van der Waals surface area contributed by atoms with E-state index in [-0.39, 0.29) is 22.9 Å². The number of fused-ring (bicyclic) bond motifs is 1. The molecule has 0 saturated carbocycles. The topological polar surface area (TPSA) is 83.7 Å². The number of amides is 1. The monoisotopic (exact) mass is 387 g/mol. The van der Waals surface area contributed by atoms with Crippen molar-refractivity contribution in [3.63, 3.8) is 0 Å². The molecule has 2 aromatic carbocycles. The first kappa shape index (κ1) is 19.4. The number of hydrogen-bond acceptors (Lipinski definition) is 4. The van der Waals surface area contributed by atoms with Crippen molar-refractivity contribution in [3.05, 3.63) is 59.7 Å². The number of carbonyl (C=O) groups excluding carboxylic acids is 1.